The van der Waals surface area contributed by atoms with Crippen molar-refractivity contribution in [3.8, 4) is 23.0 Å². The number of thiazole rings is 1. The molecule has 38 heavy (non-hydrogen) atoms. The number of benzene rings is 2. The number of nitrogens with zero attached hydrogens (tertiary/aromatic N) is 3. The lowest BCUT2D eigenvalue weighted by molar-refractivity contribution is -0.114. The monoisotopic (exact) mass is 563 g/mol. The minimum Gasteiger partial charge on any atom is -0.497 e. The van der Waals surface area contributed by atoms with E-state index in [1.165, 1.54) is 11.3 Å². The molecule has 11 heteroatoms. The van der Waals surface area contributed by atoms with Gasteiger partial charge in [0.05, 0.1) is 51.9 Å². The fourth-order valence-corrected chi connectivity index (χ4v) is 5.15. The zero-order chi connectivity index (χ0) is 26.2. The first-order valence-electron chi connectivity index (χ1n) is 12.1. The number of halogens is 1. The van der Waals surface area contributed by atoms with Crippen molar-refractivity contribution < 1.29 is 28.5 Å². The average molecular weight is 564 g/mol. The predicted molar refractivity (Wildman–Crippen MR) is 153 cm³/mol. The van der Waals surface area contributed by atoms with Crippen molar-refractivity contribution in [2.45, 2.75) is 6.42 Å². The van der Waals surface area contributed by atoms with Crippen molar-refractivity contribution in [2.75, 3.05) is 72.7 Å². The maximum Gasteiger partial charge on any atom is 0.252 e. The minimum absolute atomic E-state index is 0. The van der Waals surface area contributed by atoms with Gasteiger partial charge in [0.25, 0.3) is 5.91 Å². The Labute approximate surface area is 233 Å². The number of fused-ring (bicyclic) bond motifs is 1. The third-order valence-corrected chi connectivity index (χ3v) is 7.20. The average Bonchev–Trinajstić information content (AvgIpc) is 3.36. The topological polar surface area (TPSA) is 82.6 Å². The molecule has 206 valence electrons. The summed E-state index contributed by atoms with van der Waals surface area (Å²) in [7, 11) is 6.31. The van der Waals surface area contributed by atoms with Crippen LogP contribution in [0.4, 0.5) is 5.13 Å². The lowest BCUT2D eigenvalue weighted by Crippen LogP contribution is -2.39. The molecule has 0 unspecified atom stereocenters. The van der Waals surface area contributed by atoms with E-state index in [0.717, 1.165) is 60.8 Å². The summed E-state index contributed by atoms with van der Waals surface area (Å²) in [5.74, 6) is 2.13. The predicted octanol–water partition coefficient (Wildman–Crippen LogP) is 4.52. The van der Waals surface area contributed by atoms with Crippen molar-refractivity contribution in [3.05, 3.63) is 42.0 Å². The second kappa shape index (κ2) is 14.2. The van der Waals surface area contributed by atoms with Gasteiger partial charge in [0.2, 0.25) is 5.75 Å². The molecule has 0 atom stereocenters. The number of carbonyl (C=O) groups is 1. The second-order valence-electron chi connectivity index (χ2n) is 8.42. The summed E-state index contributed by atoms with van der Waals surface area (Å²) in [5.41, 5.74) is 1.56. The Hall–Kier alpha value is -3.05. The van der Waals surface area contributed by atoms with E-state index < -0.39 is 0 Å². The third kappa shape index (κ3) is 7.08. The van der Waals surface area contributed by atoms with Crippen LogP contribution in [-0.2, 0) is 9.53 Å². The fourth-order valence-electron chi connectivity index (χ4n) is 4.17. The normalized spacial score (nSPS) is 13.8. The first kappa shape index (κ1) is 29.5. The Balaban J connectivity index is 0.00000400. The Morgan fingerprint density at radius 3 is 2.39 bits per heavy atom. The molecule has 9 nitrogen and oxygen atoms in total. The van der Waals surface area contributed by atoms with E-state index in [4.69, 9.17) is 28.7 Å². The first-order chi connectivity index (χ1) is 18.1. The van der Waals surface area contributed by atoms with E-state index in [-0.39, 0.29) is 18.3 Å². The molecule has 0 aliphatic carbocycles. The number of rotatable bonds is 11. The van der Waals surface area contributed by atoms with Gasteiger partial charge in [-0.25, -0.2) is 4.98 Å². The number of aromatic nitrogens is 1. The van der Waals surface area contributed by atoms with Gasteiger partial charge in [-0.05, 0) is 42.3 Å². The minimum atomic E-state index is -0.151. The van der Waals surface area contributed by atoms with E-state index in [1.54, 1.807) is 57.6 Å². The number of hydrogen-bond donors (Lipinski definition) is 0. The van der Waals surface area contributed by atoms with Crippen molar-refractivity contribution in [3.63, 3.8) is 0 Å². The Morgan fingerprint density at radius 1 is 1.05 bits per heavy atom. The standard InChI is InChI=1S/C27H33N3O6S.ClH/c1-32-20-7-8-24-21(18-20)28-27(37-24)30(11-5-10-29-12-14-36-15-13-29)25(31)9-6-19-16-22(33-2)26(35-4)23(17-19)34-3;/h6-9,16-18H,5,10-15H2,1-4H3;1H/b9-6+;. The largest absolute Gasteiger partial charge is 0.497 e. The van der Waals surface area contributed by atoms with Gasteiger partial charge >= 0.3 is 0 Å². The summed E-state index contributed by atoms with van der Waals surface area (Å²) >= 11 is 1.49. The van der Waals surface area contributed by atoms with Gasteiger partial charge in [-0.3, -0.25) is 14.6 Å². The smallest absolute Gasteiger partial charge is 0.252 e. The summed E-state index contributed by atoms with van der Waals surface area (Å²) in [6.07, 6.45) is 4.13. The number of methoxy groups -OCH3 is 4. The van der Waals surface area contributed by atoms with Gasteiger partial charge in [0.15, 0.2) is 16.6 Å². The molecule has 1 saturated heterocycles. The Kier molecular flexibility index (Phi) is 11.0. The number of anilines is 1. The van der Waals surface area contributed by atoms with Crippen molar-refractivity contribution in [1.29, 1.82) is 0 Å². The molecule has 1 aliphatic heterocycles. The van der Waals surface area contributed by atoms with E-state index in [0.29, 0.717) is 28.9 Å². The molecule has 1 amide bonds. The zero-order valence-electron chi connectivity index (χ0n) is 22.1. The molecule has 0 spiro atoms. The van der Waals surface area contributed by atoms with Gasteiger partial charge in [-0.1, -0.05) is 11.3 Å². The highest BCUT2D eigenvalue weighted by molar-refractivity contribution is 7.22. The SMILES string of the molecule is COc1ccc2sc(N(CCCN3CCOCC3)C(=O)/C=C/c3cc(OC)c(OC)c(OC)c3)nc2c1.Cl. The van der Waals surface area contributed by atoms with Crippen LogP contribution in [0.15, 0.2) is 36.4 Å². The summed E-state index contributed by atoms with van der Waals surface area (Å²) in [6, 6.07) is 9.36. The molecule has 2 heterocycles. The lowest BCUT2D eigenvalue weighted by atomic mass is 10.1. The maximum absolute atomic E-state index is 13.5. The van der Waals surface area contributed by atoms with Crippen LogP contribution < -0.4 is 23.8 Å². The molecule has 3 aromatic rings. The van der Waals surface area contributed by atoms with Gasteiger partial charge in [-0.15, -0.1) is 12.4 Å². The molecule has 1 aliphatic rings. The van der Waals surface area contributed by atoms with Crippen molar-refractivity contribution >= 4 is 51.1 Å². The highest BCUT2D eigenvalue weighted by Crippen LogP contribution is 2.38. The maximum atomic E-state index is 13.5. The molecule has 0 radical (unpaired) electrons. The number of carbonyl (C=O) groups excluding carboxylic acids is 1. The van der Waals surface area contributed by atoms with Gasteiger partial charge in [0, 0.05) is 38.3 Å². The van der Waals surface area contributed by atoms with Crippen LogP contribution in [0.2, 0.25) is 0 Å². The zero-order valence-corrected chi connectivity index (χ0v) is 23.7. The van der Waals surface area contributed by atoms with Crippen molar-refractivity contribution in [2.24, 2.45) is 0 Å². The summed E-state index contributed by atoms with van der Waals surface area (Å²) < 4.78 is 28.1. The van der Waals surface area contributed by atoms with Crippen molar-refractivity contribution in [1.82, 2.24) is 9.88 Å². The number of hydrogen-bond acceptors (Lipinski definition) is 9. The van der Waals surface area contributed by atoms with Crippen LogP contribution in [0.5, 0.6) is 23.0 Å². The highest BCUT2D eigenvalue weighted by Gasteiger charge is 2.20. The summed E-state index contributed by atoms with van der Waals surface area (Å²) in [6.45, 7) is 4.76. The molecule has 1 fully saturated rings. The second-order valence-corrected chi connectivity index (χ2v) is 9.43. The number of amides is 1. The Morgan fingerprint density at radius 2 is 1.76 bits per heavy atom. The van der Waals surface area contributed by atoms with Crippen LogP contribution in [0.3, 0.4) is 0 Å². The summed E-state index contributed by atoms with van der Waals surface area (Å²) in [4.78, 5) is 22.4. The van der Waals surface area contributed by atoms with Crippen LogP contribution in [0, 0.1) is 0 Å². The van der Waals surface area contributed by atoms with E-state index in [9.17, 15) is 4.79 Å². The molecular formula is C27H34ClN3O6S. The molecule has 2 aromatic carbocycles. The summed E-state index contributed by atoms with van der Waals surface area (Å²) in [5, 5.41) is 0.657. The van der Waals surface area contributed by atoms with Gasteiger partial charge in [0.1, 0.15) is 5.75 Å². The fraction of sp³-hybridized carbons (Fsp3) is 0.407. The number of ether oxygens (including phenoxy) is 5. The van der Waals surface area contributed by atoms with E-state index in [2.05, 4.69) is 4.90 Å². The van der Waals surface area contributed by atoms with Crippen LogP contribution >= 0.6 is 23.7 Å². The number of morpholine rings is 1. The van der Waals surface area contributed by atoms with Gasteiger partial charge < -0.3 is 23.7 Å². The molecule has 0 N–H and O–H groups in total. The van der Waals surface area contributed by atoms with Crippen LogP contribution in [-0.4, -0.2) is 83.6 Å². The quantitative estimate of drug-likeness (QED) is 0.315. The Bertz CT molecular complexity index is 1220. The highest BCUT2D eigenvalue weighted by atomic mass is 35.5. The molecule has 4 rings (SSSR count). The van der Waals surface area contributed by atoms with E-state index >= 15 is 0 Å². The third-order valence-electron chi connectivity index (χ3n) is 6.15. The molecular weight excluding hydrogens is 530 g/mol. The molecule has 1 aromatic heterocycles. The van der Waals surface area contributed by atoms with E-state index in [1.807, 2.05) is 18.2 Å². The molecule has 0 saturated carbocycles. The van der Waals surface area contributed by atoms with Gasteiger partial charge in [-0.2, -0.15) is 0 Å². The molecule has 0 bridgehead atoms. The van der Waals surface area contributed by atoms with Crippen LogP contribution in [0.25, 0.3) is 16.3 Å². The van der Waals surface area contributed by atoms with Crippen LogP contribution in [0.1, 0.15) is 12.0 Å². The first-order valence-corrected chi connectivity index (χ1v) is 12.9. The lowest BCUT2D eigenvalue weighted by Gasteiger charge is -2.27.